The molecule has 0 radical (unpaired) electrons. The Morgan fingerprint density at radius 1 is 0.917 bits per heavy atom. The number of ether oxygens (including phenoxy) is 1. The van der Waals surface area contributed by atoms with Crippen molar-refractivity contribution in [3.8, 4) is 28.5 Å². The van der Waals surface area contributed by atoms with Crippen molar-refractivity contribution in [2.24, 2.45) is 0 Å². The van der Waals surface area contributed by atoms with Gasteiger partial charge in [0.2, 0.25) is 0 Å². The van der Waals surface area contributed by atoms with E-state index in [1.165, 1.54) is 4.90 Å². The van der Waals surface area contributed by atoms with Gasteiger partial charge in [-0.25, -0.2) is 4.79 Å². The highest BCUT2D eigenvalue weighted by molar-refractivity contribution is 5.75. The Morgan fingerprint density at radius 2 is 1.58 bits per heavy atom. The van der Waals surface area contributed by atoms with Gasteiger partial charge in [0.05, 0.1) is 11.4 Å². The molecule has 0 fully saturated rings. The van der Waals surface area contributed by atoms with Crippen LogP contribution < -0.4 is 4.74 Å². The summed E-state index contributed by atoms with van der Waals surface area (Å²) in [7, 11) is 3.22. The summed E-state index contributed by atoms with van der Waals surface area (Å²) in [4.78, 5) is 21.8. The quantitative estimate of drug-likeness (QED) is 0.737. The lowest BCUT2D eigenvalue weighted by molar-refractivity contribution is 0.172. The highest BCUT2D eigenvalue weighted by atomic mass is 16.6. The van der Waals surface area contributed by atoms with Crippen molar-refractivity contribution in [1.29, 1.82) is 0 Å². The number of hydrogen-bond donors (Lipinski definition) is 0. The fraction of sp³-hybridized carbons (Fsp3) is 0.118. The van der Waals surface area contributed by atoms with Gasteiger partial charge in [-0.3, -0.25) is 9.97 Å². The van der Waals surface area contributed by atoms with Gasteiger partial charge in [0, 0.05) is 32.6 Å². The van der Waals surface area contributed by atoms with Crippen molar-refractivity contribution in [2.75, 3.05) is 14.1 Å². The van der Waals surface area contributed by atoms with E-state index in [2.05, 4.69) is 20.2 Å². The smallest absolute Gasteiger partial charge is 0.408 e. The van der Waals surface area contributed by atoms with Gasteiger partial charge in [0.15, 0.2) is 11.4 Å². The lowest BCUT2D eigenvalue weighted by atomic mass is 10.2. The van der Waals surface area contributed by atoms with Crippen molar-refractivity contribution in [3.63, 3.8) is 0 Å². The highest BCUT2D eigenvalue weighted by Gasteiger charge is 2.17. The third-order valence-corrected chi connectivity index (χ3v) is 3.16. The van der Waals surface area contributed by atoms with Gasteiger partial charge in [-0.15, -0.1) is 10.2 Å². The van der Waals surface area contributed by atoms with E-state index in [0.29, 0.717) is 22.8 Å². The Bertz CT molecular complexity index is 838. The van der Waals surface area contributed by atoms with Crippen LogP contribution in [0.3, 0.4) is 0 Å². The van der Waals surface area contributed by atoms with Gasteiger partial charge in [-0.05, 0) is 24.3 Å². The number of hydrogen-bond acceptors (Lipinski definition) is 6. The standard InChI is InChI=1S/C17H15N5O2/c1-22(2)17(23)24-15-11-14(12-7-3-5-9-18-12)20-21-16(15)13-8-4-6-10-19-13/h3-11H,1-2H3. The zero-order valence-electron chi connectivity index (χ0n) is 13.2. The molecule has 3 rings (SSSR count). The van der Waals surface area contributed by atoms with Gasteiger partial charge in [0.25, 0.3) is 0 Å². The molecular weight excluding hydrogens is 306 g/mol. The largest absolute Gasteiger partial charge is 0.414 e. The first-order valence-electron chi connectivity index (χ1n) is 7.25. The Hall–Kier alpha value is -3.35. The highest BCUT2D eigenvalue weighted by Crippen LogP contribution is 2.29. The van der Waals surface area contributed by atoms with E-state index in [0.717, 1.165) is 0 Å². The van der Waals surface area contributed by atoms with E-state index in [9.17, 15) is 4.79 Å². The minimum atomic E-state index is -0.507. The summed E-state index contributed by atoms with van der Waals surface area (Å²) in [6, 6.07) is 12.5. The van der Waals surface area contributed by atoms with Crippen molar-refractivity contribution in [2.45, 2.75) is 0 Å². The van der Waals surface area contributed by atoms with Crippen LogP contribution >= 0.6 is 0 Å². The predicted molar refractivity (Wildman–Crippen MR) is 88.2 cm³/mol. The minimum absolute atomic E-state index is 0.281. The zero-order valence-corrected chi connectivity index (χ0v) is 13.2. The van der Waals surface area contributed by atoms with Gasteiger partial charge in [-0.2, -0.15) is 0 Å². The topological polar surface area (TPSA) is 81.1 Å². The van der Waals surface area contributed by atoms with Crippen molar-refractivity contribution in [3.05, 3.63) is 54.9 Å². The van der Waals surface area contributed by atoms with Crippen molar-refractivity contribution in [1.82, 2.24) is 25.1 Å². The molecule has 0 aliphatic rings. The number of amides is 1. The Labute approximate surface area is 139 Å². The molecule has 0 spiro atoms. The molecule has 24 heavy (non-hydrogen) atoms. The Balaban J connectivity index is 2.07. The third-order valence-electron chi connectivity index (χ3n) is 3.16. The van der Waals surface area contributed by atoms with E-state index in [4.69, 9.17) is 4.74 Å². The van der Waals surface area contributed by atoms with Gasteiger partial charge in [0.1, 0.15) is 5.69 Å². The molecule has 0 unspecified atom stereocenters. The normalized spacial score (nSPS) is 10.2. The molecule has 0 aliphatic heterocycles. The lowest BCUT2D eigenvalue weighted by Crippen LogP contribution is -2.25. The predicted octanol–water partition coefficient (Wildman–Crippen LogP) is 2.66. The first-order chi connectivity index (χ1) is 11.6. The van der Waals surface area contributed by atoms with E-state index >= 15 is 0 Å². The van der Waals surface area contributed by atoms with Crippen LogP contribution in [0.15, 0.2) is 54.9 Å². The number of rotatable bonds is 3. The maximum atomic E-state index is 12.0. The number of carbonyl (C=O) groups excluding carboxylic acids is 1. The number of aromatic nitrogens is 4. The Morgan fingerprint density at radius 3 is 2.17 bits per heavy atom. The molecule has 3 aromatic rings. The van der Waals surface area contributed by atoms with Crippen LogP contribution in [-0.4, -0.2) is 45.3 Å². The molecule has 0 bridgehead atoms. The summed E-state index contributed by atoms with van der Waals surface area (Å²) < 4.78 is 5.44. The number of pyridine rings is 2. The van der Waals surface area contributed by atoms with Crippen LogP contribution in [0.1, 0.15) is 0 Å². The van der Waals surface area contributed by atoms with Crippen LogP contribution in [0.4, 0.5) is 4.79 Å². The molecule has 0 atom stereocenters. The molecule has 7 heteroatoms. The summed E-state index contributed by atoms with van der Waals surface area (Å²) >= 11 is 0. The summed E-state index contributed by atoms with van der Waals surface area (Å²) in [6.07, 6.45) is 2.79. The first-order valence-corrected chi connectivity index (χ1v) is 7.25. The van der Waals surface area contributed by atoms with Gasteiger partial charge >= 0.3 is 6.09 Å². The average Bonchev–Trinajstić information content (AvgIpc) is 2.63. The molecule has 0 saturated heterocycles. The van der Waals surface area contributed by atoms with Crippen LogP contribution in [0.2, 0.25) is 0 Å². The van der Waals surface area contributed by atoms with E-state index < -0.39 is 6.09 Å². The van der Waals surface area contributed by atoms with Gasteiger partial charge in [-0.1, -0.05) is 12.1 Å². The van der Waals surface area contributed by atoms with Crippen molar-refractivity contribution < 1.29 is 9.53 Å². The second-order valence-electron chi connectivity index (χ2n) is 5.13. The molecule has 7 nitrogen and oxygen atoms in total. The summed E-state index contributed by atoms with van der Waals surface area (Å²) in [6.45, 7) is 0. The fourth-order valence-corrected chi connectivity index (χ4v) is 1.96. The fourth-order valence-electron chi connectivity index (χ4n) is 1.96. The second-order valence-corrected chi connectivity index (χ2v) is 5.13. The molecular formula is C17H15N5O2. The second kappa shape index (κ2) is 6.82. The average molecular weight is 321 g/mol. The maximum Gasteiger partial charge on any atom is 0.414 e. The van der Waals surface area contributed by atoms with Crippen molar-refractivity contribution >= 4 is 6.09 Å². The third kappa shape index (κ3) is 3.35. The van der Waals surface area contributed by atoms with E-state index in [1.807, 2.05) is 24.3 Å². The number of carbonyl (C=O) groups is 1. The molecule has 3 aromatic heterocycles. The molecule has 120 valence electrons. The molecule has 3 heterocycles. The van der Waals surface area contributed by atoms with Crippen LogP contribution in [0, 0.1) is 0 Å². The summed E-state index contributed by atoms with van der Waals surface area (Å²) in [5.41, 5.74) is 2.11. The van der Waals surface area contributed by atoms with E-state index in [1.54, 1.807) is 44.7 Å². The molecule has 0 aliphatic carbocycles. The zero-order chi connectivity index (χ0) is 16.9. The van der Waals surface area contributed by atoms with Gasteiger partial charge < -0.3 is 9.64 Å². The van der Waals surface area contributed by atoms with Crippen LogP contribution in [-0.2, 0) is 0 Å². The molecule has 1 amide bonds. The molecule has 0 aromatic carbocycles. The molecule has 0 N–H and O–H groups in total. The van der Waals surface area contributed by atoms with Crippen LogP contribution in [0.5, 0.6) is 5.75 Å². The summed E-state index contributed by atoms with van der Waals surface area (Å²) in [5, 5.41) is 8.37. The first kappa shape index (κ1) is 15.5. The SMILES string of the molecule is CN(C)C(=O)Oc1cc(-c2ccccn2)nnc1-c1ccccn1. The molecule has 0 saturated carbocycles. The Kier molecular flexibility index (Phi) is 4.42. The maximum absolute atomic E-state index is 12.0. The lowest BCUT2D eigenvalue weighted by Gasteiger charge is -2.13. The summed E-state index contributed by atoms with van der Waals surface area (Å²) in [5.74, 6) is 0.281. The minimum Gasteiger partial charge on any atom is -0.408 e. The number of nitrogens with zero attached hydrogens (tertiary/aromatic N) is 5. The van der Waals surface area contributed by atoms with Crippen LogP contribution in [0.25, 0.3) is 22.8 Å². The monoisotopic (exact) mass is 321 g/mol. The van der Waals surface area contributed by atoms with E-state index in [-0.39, 0.29) is 5.75 Å².